The van der Waals surface area contributed by atoms with Crippen molar-refractivity contribution in [2.75, 3.05) is 0 Å². The molecule has 9 heteroatoms. The molecule has 0 aliphatic carbocycles. The minimum atomic E-state index is -3.84. The quantitative estimate of drug-likeness (QED) is 0.243. The molecule has 0 amide bonds. The van der Waals surface area contributed by atoms with Gasteiger partial charge in [-0.05, 0) is 54.3 Å². The summed E-state index contributed by atoms with van der Waals surface area (Å²) in [6.07, 6.45) is 0.127. The van der Waals surface area contributed by atoms with Crippen LogP contribution in [-0.2, 0) is 38.5 Å². The molecule has 3 aromatic carbocycles. The van der Waals surface area contributed by atoms with Crippen molar-refractivity contribution < 1.29 is 31.7 Å². The van der Waals surface area contributed by atoms with E-state index in [1.807, 2.05) is 0 Å². The van der Waals surface area contributed by atoms with Crippen molar-refractivity contribution in [2.24, 2.45) is 11.1 Å². The SMILES string of the molecule is CC(=NOCc1ccc(F)cc1)C(Cc1ccc(OS(=O)(=O)Cc2ccccc2)cc1)C(=O)O. The maximum atomic E-state index is 13.0. The first-order valence-corrected chi connectivity index (χ1v) is 12.0. The van der Waals surface area contributed by atoms with E-state index in [2.05, 4.69) is 5.16 Å². The first kappa shape index (κ1) is 24.9. The molecule has 0 fully saturated rings. The van der Waals surface area contributed by atoms with Gasteiger partial charge in [-0.3, -0.25) is 4.79 Å². The lowest BCUT2D eigenvalue weighted by Gasteiger charge is -2.13. The Morgan fingerprint density at radius 2 is 1.56 bits per heavy atom. The second-order valence-corrected chi connectivity index (χ2v) is 9.21. The molecule has 0 bridgehead atoms. The monoisotopic (exact) mass is 485 g/mol. The zero-order chi connectivity index (χ0) is 24.6. The van der Waals surface area contributed by atoms with E-state index in [0.29, 0.717) is 16.7 Å². The van der Waals surface area contributed by atoms with Crippen LogP contribution in [0.25, 0.3) is 0 Å². The third-order valence-corrected chi connectivity index (χ3v) is 6.06. The first-order valence-electron chi connectivity index (χ1n) is 10.4. The van der Waals surface area contributed by atoms with Gasteiger partial charge in [0, 0.05) is 0 Å². The second kappa shape index (κ2) is 11.4. The van der Waals surface area contributed by atoms with Gasteiger partial charge < -0.3 is 14.1 Å². The van der Waals surface area contributed by atoms with Crippen LogP contribution in [0, 0.1) is 11.7 Å². The summed E-state index contributed by atoms with van der Waals surface area (Å²) in [5.41, 5.74) is 2.23. The molecule has 0 spiro atoms. The number of carbonyl (C=O) groups is 1. The predicted molar refractivity (Wildman–Crippen MR) is 125 cm³/mol. The number of hydrogen-bond acceptors (Lipinski definition) is 6. The molecule has 0 heterocycles. The van der Waals surface area contributed by atoms with Crippen LogP contribution in [0.15, 0.2) is 84.0 Å². The van der Waals surface area contributed by atoms with Gasteiger partial charge in [-0.25, -0.2) is 4.39 Å². The Hall–Kier alpha value is -3.72. The third kappa shape index (κ3) is 7.70. The molecular weight excluding hydrogens is 461 g/mol. The van der Waals surface area contributed by atoms with E-state index in [0.717, 1.165) is 0 Å². The van der Waals surface area contributed by atoms with E-state index < -0.39 is 22.0 Å². The molecule has 3 rings (SSSR count). The van der Waals surface area contributed by atoms with Gasteiger partial charge in [0.1, 0.15) is 29.8 Å². The van der Waals surface area contributed by atoms with Crippen molar-refractivity contribution in [3.8, 4) is 5.75 Å². The lowest BCUT2D eigenvalue weighted by Crippen LogP contribution is -2.24. The van der Waals surface area contributed by atoms with Crippen LogP contribution < -0.4 is 4.18 Å². The van der Waals surface area contributed by atoms with Gasteiger partial charge in [0.05, 0.1) is 5.71 Å². The average Bonchev–Trinajstić information content (AvgIpc) is 2.79. The van der Waals surface area contributed by atoms with E-state index >= 15 is 0 Å². The Labute approximate surface area is 197 Å². The van der Waals surface area contributed by atoms with Crippen molar-refractivity contribution in [1.29, 1.82) is 0 Å². The van der Waals surface area contributed by atoms with Crippen LogP contribution >= 0.6 is 0 Å². The number of oxime groups is 1. The zero-order valence-electron chi connectivity index (χ0n) is 18.4. The Kier molecular flexibility index (Phi) is 8.37. The summed E-state index contributed by atoms with van der Waals surface area (Å²) < 4.78 is 42.7. The van der Waals surface area contributed by atoms with Crippen molar-refractivity contribution in [3.63, 3.8) is 0 Å². The summed E-state index contributed by atoms with van der Waals surface area (Å²) in [6.45, 7) is 1.63. The van der Waals surface area contributed by atoms with Gasteiger partial charge in [0.15, 0.2) is 0 Å². The lowest BCUT2D eigenvalue weighted by atomic mass is 9.95. The summed E-state index contributed by atoms with van der Waals surface area (Å²) in [5, 5.41) is 13.5. The smallest absolute Gasteiger partial charge is 0.313 e. The highest BCUT2D eigenvalue weighted by molar-refractivity contribution is 7.86. The largest absolute Gasteiger partial charge is 0.481 e. The van der Waals surface area contributed by atoms with E-state index in [-0.39, 0.29) is 36.1 Å². The number of nitrogens with zero attached hydrogens (tertiary/aromatic N) is 1. The average molecular weight is 486 g/mol. The minimum absolute atomic E-state index is 0.0768. The molecule has 7 nitrogen and oxygen atoms in total. The molecule has 34 heavy (non-hydrogen) atoms. The summed E-state index contributed by atoms with van der Waals surface area (Å²) in [5.74, 6) is -2.50. The van der Waals surface area contributed by atoms with Gasteiger partial charge in [0.25, 0.3) is 0 Å². The van der Waals surface area contributed by atoms with E-state index in [1.165, 1.54) is 24.3 Å². The van der Waals surface area contributed by atoms with E-state index in [4.69, 9.17) is 9.02 Å². The maximum Gasteiger partial charge on any atom is 0.313 e. The number of aliphatic carboxylic acids is 1. The molecule has 0 aromatic heterocycles. The first-order chi connectivity index (χ1) is 16.2. The number of rotatable bonds is 11. The molecule has 0 aliphatic rings. The number of carboxylic acid groups (broad SMARTS) is 1. The van der Waals surface area contributed by atoms with Gasteiger partial charge in [-0.2, -0.15) is 8.42 Å². The molecular formula is C25H24FNO6S. The van der Waals surface area contributed by atoms with Crippen molar-refractivity contribution in [1.82, 2.24) is 0 Å². The van der Waals surface area contributed by atoms with Gasteiger partial charge in [-0.1, -0.05) is 59.8 Å². The van der Waals surface area contributed by atoms with Crippen LogP contribution in [-0.4, -0.2) is 25.2 Å². The lowest BCUT2D eigenvalue weighted by molar-refractivity contribution is -0.139. The van der Waals surface area contributed by atoms with Crippen molar-refractivity contribution in [3.05, 3.63) is 101 Å². The van der Waals surface area contributed by atoms with Crippen molar-refractivity contribution >= 4 is 21.8 Å². The summed E-state index contributed by atoms with van der Waals surface area (Å²) in [4.78, 5) is 17.0. The minimum Gasteiger partial charge on any atom is -0.481 e. The van der Waals surface area contributed by atoms with Crippen LogP contribution in [0.4, 0.5) is 4.39 Å². The normalized spacial score (nSPS) is 12.7. The fourth-order valence-corrected chi connectivity index (χ4v) is 4.20. The summed E-state index contributed by atoms with van der Waals surface area (Å²) in [6, 6.07) is 20.6. The Balaban J connectivity index is 1.59. The van der Waals surface area contributed by atoms with E-state index in [9.17, 15) is 22.7 Å². The Morgan fingerprint density at radius 1 is 0.941 bits per heavy atom. The van der Waals surface area contributed by atoms with Crippen LogP contribution in [0.5, 0.6) is 5.75 Å². The van der Waals surface area contributed by atoms with Crippen LogP contribution in [0.3, 0.4) is 0 Å². The highest BCUT2D eigenvalue weighted by Gasteiger charge is 2.22. The highest BCUT2D eigenvalue weighted by Crippen LogP contribution is 2.19. The number of carboxylic acids is 1. The van der Waals surface area contributed by atoms with Crippen molar-refractivity contribution in [2.45, 2.75) is 25.7 Å². The molecule has 1 N–H and O–H groups in total. The fraction of sp³-hybridized carbons (Fsp3) is 0.200. The van der Waals surface area contributed by atoms with Crippen LogP contribution in [0.2, 0.25) is 0 Å². The van der Waals surface area contributed by atoms with Crippen LogP contribution in [0.1, 0.15) is 23.6 Å². The van der Waals surface area contributed by atoms with E-state index in [1.54, 1.807) is 61.5 Å². The second-order valence-electron chi connectivity index (χ2n) is 7.64. The fourth-order valence-electron chi connectivity index (χ4n) is 3.14. The predicted octanol–water partition coefficient (Wildman–Crippen LogP) is 4.57. The molecule has 178 valence electrons. The zero-order valence-corrected chi connectivity index (χ0v) is 19.2. The standard InChI is InChI=1S/C25H24FNO6S/c1-18(27-32-16-20-7-11-22(26)12-8-20)24(25(28)29)15-19-9-13-23(14-10-19)33-34(30,31)17-21-5-3-2-4-6-21/h2-14,24H,15-17H2,1H3,(H,28,29). The molecule has 3 aromatic rings. The molecule has 1 unspecified atom stereocenters. The molecule has 0 radical (unpaired) electrons. The molecule has 0 aliphatic heterocycles. The number of hydrogen-bond donors (Lipinski definition) is 1. The Morgan fingerprint density at radius 3 is 2.18 bits per heavy atom. The topological polar surface area (TPSA) is 102 Å². The Bertz CT molecular complexity index is 1230. The maximum absolute atomic E-state index is 13.0. The summed E-state index contributed by atoms with van der Waals surface area (Å²) >= 11 is 0. The van der Waals surface area contributed by atoms with Gasteiger partial charge in [-0.15, -0.1) is 0 Å². The number of halogens is 1. The third-order valence-electron chi connectivity index (χ3n) is 4.93. The number of benzene rings is 3. The molecule has 0 saturated carbocycles. The van der Waals surface area contributed by atoms with Gasteiger partial charge >= 0.3 is 16.1 Å². The molecule has 0 saturated heterocycles. The molecule has 1 atom stereocenters. The highest BCUT2D eigenvalue weighted by atomic mass is 32.2. The van der Waals surface area contributed by atoms with Gasteiger partial charge in [0.2, 0.25) is 0 Å². The summed E-state index contributed by atoms with van der Waals surface area (Å²) in [7, 11) is -3.84.